The van der Waals surface area contributed by atoms with Crippen molar-refractivity contribution < 1.29 is 104 Å². The van der Waals surface area contributed by atoms with E-state index in [4.69, 9.17) is 0 Å². The van der Waals surface area contributed by atoms with Gasteiger partial charge in [-0.2, -0.15) is 0 Å². The number of hydrogen-bond donors (Lipinski definition) is 0. The zero-order valence-corrected chi connectivity index (χ0v) is 25.5. The van der Waals surface area contributed by atoms with Crippen molar-refractivity contribution in [2.45, 2.75) is 0 Å². The van der Waals surface area contributed by atoms with E-state index in [-0.39, 0.29) is 77.5 Å². The van der Waals surface area contributed by atoms with E-state index in [1.165, 1.54) is 59.7 Å². The number of nitrogens with zero attached hydrogens (tertiary/aromatic N) is 2. The molecule has 0 bridgehead atoms. The van der Waals surface area contributed by atoms with E-state index >= 15 is 0 Å². The first-order chi connectivity index (χ1) is 19.2. The second-order valence-corrected chi connectivity index (χ2v) is 7.36. The smallest absolute Gasteiger partial charge is 0.546 e. The Morgan fingerprint density at radius 1 is 0.500 bits per heavy atom. The van der Waals surface area contributed by atoms with E-state index in [9.17, 15) is 39.6 Å². The Hall–Kier alpha value is -4.95. The SMILES string of the molecule is O=C([O-])COc1ccccc1C(=O)[O-].O=C([O-])COc1ccccc1C(=O)[O-].[Ni+2].[Ni+2].[OH3+].[OH3+].[OH3+].[OH3+].c1cc(-c2ccncc2)ccn1. The molecule has 18 heteroatoms. The van der Waals surface area contributed by atoms with Gasteiger partial charge in [-0.25, -0.2) is 0 Å². The first-order valence-corrected chi connectivity index (χ1v) is 11.3. The van der Waals surface area contributed by atoms with E-state index in [2.05, 4.69) is 19.4 Å². The molecule has 0 amide bonds. The Labute approximate surface area is 281 Å². The number of aromatic nitrogens is 2. The Balaban J connectivity index is -0.000000172. The standard InChI is InChI=1S/C10H8N2.2C9H8O5.2Ni.4H2O/c1-5-11-6-2-9(1)10-3-7-12-8-4-10;2*10-8(11)5-14-7-4-2-1-3-6(7)9(12)13;;;;;;/h1-8H;2*1-4H,5H2,(H,10,11)(H,12,13);;;4*1H2/q;;;2*+2;;;;. The zero-order chi connectivity index (χ0) is 29.3. The van der Waals surface area contributed by atoms with Gasteiger partial charge in [-0.05, 0) is 59.7 Å². The molecule has 0 radical (unpaired) electrons. The van der Waals surface area contributed by atoms with Gasteiger partial charge in [0.2, 0.25) is 0 Å². The summed E-state index contributed by atoms with van der Waals surface area (Å²) in [5.41, 5.74) is 1.97. The number of hydrogen-bond acceptors (Lipinski definition) is 12. The number of para-hydroxylation sites is 2. The van der Waals surface area contributed by atoms with Crippen LogP contribution >= 0.6 is 0 Å². The minimum Gasteiger partial charge on any atom is -0.546 e. The molecule has 46 heavy (non-hydrogen) atoms. The molecule has 4 aromatic rings. The van der Waals surface area contributed by atoms with E-state index in [0.29, 0.717) is 0 Å². The van der Waals surface area contributed by atoms with Gasteiger partial charge >= 0.3 is 33.0 Å². The van der Waals surface area contributed by atoms with E-state index in [0.717, 1.165) is 0 Å². The van der Waals surface area contributed by atoms with Crippen molar-refractivity contribution in [1.29, 1.82) is 0 Å². The molecular weight excluding hydrogens is 706 g/mol. The molecule has 12 N–H and O–H groups in total. The minimum atomic E-state index is -1.42. The summed E-state index contributed by atoms with van der Waals surface area (Å²) < 4.78 is 9.35. The average Bonchev–Trinajstić information content (AvgIpc) is 2.97. The normalized spacial score (nSPS) is 8.26. The number of ether oxygens (including phenoxy) is 2. The number of aliphatic carboxylic acids is 2. The predicted octanol–water partition coefficient (Wildman–Crippen LogP) is -5.19. The Bertz CT molecular complexity index is 1320. The minimum absolute atomic E-state index is 0. The molecule has 0 unspecified atom stereocenters. The van der Waals surface area contributed by atoms with Crippen LogP contribution in [0.5, 0.6) is 11.5 Å². The third kappa shape index (κ3) is 18.7. The first-order valence-electron chi connectivity index (χ1n) is 11.3. The molecular formula is C28H32N2Ni2O14+4. The molecule has 0 atom stereocenters. The van der Waals surface area contributed by atoms with Gasteiger partial charge in [0.05, 0.1) is 23.9 Å². The van der Waals surface area contributed by atoms with Gasteiger partial charge in [-0.1, -0.05) is 24.3 Å². The van der Waals surface area contributed by atoms with E-state index in [1.807, 2.05) is 24.3 Å². The van der Waals surface area contributed by atoms with Crippen LogP contribution in [0, 0.1) is 0 Å². The van der Waals surface area contributed by atoms with Crippen LogP contribution in [0.25, 0.3) is 11.1 Å². The summed E-state index contributed by atoms with van der Waals surface area (Å²) in [5, 5.41) is 41.1. The topological polar surface area (TPSA) is 337 Å². The quantitative estimate of drug-likeness (QED) is 0.115. The largest absolute Gasteiger partial charge is 2.00 e. The summed E-state index contributed by atoms with van der Waals surface area (Å²) in [6, 6.07) is 19.2. The molecule has 0 aliphatic rings. The molecule has 4 rings (SSSR count). The molecule has 0 spiro atoms. The van der Waals surface area contributed by atoms with Crippen molar-refractivity contribution in [3.8, 4) is 22.6 Å². The Morgan fingerprint density at radius 3 is 1.04 bits per heavy atom. The van der Waals surface area contributed by atoms with Gasteiger partial charge in [0.25, 0.3) is 0 Å². The van der Waals surface area contributed by atoms with Crippen LogP contribution in [-0.2, 0) is 64.5 Å². The maximum atomic E-state index is 10.5. The van der Waals surface area contributed by atoms with Crippen molar-refractivity contribution in [2.75, 3.05) is 13.2 Å². The molecule has 254 valence electrons. The molecule has 2 aromatic carbocycles. The monoisotopic (exact) mass is 736 g/mol. The number of benzene rings is 2. The molecule has 0 aliphatic carbocycles. The third-order valence-electron chi connectivity index (χ3n) is 4.60. The second-order valence-electron chi connectivity index (χ2n) is 7.36. The molecule has 2 aromatic heterocycles. The summed E-state index contributed by atoms with van der Waals surface area (Å²) in [5.74, 6) is -5.76. The molecule has 16 nitrogen and oxygen atoms in total. The summed E-state index contributed by atoms with van der Waals surface area (Å²) in [7, 11) is 0. The summed E-state index contributed by atoms with van der Waals surface area (Å²) in [6.45, 7) is -1.38. The fraction of sp³-hybridized carbons (Fsp3) is 0.0714. The Morgan fingerprint density at radius 2 is 0.783 bits per heavy atom. The van der Waals surface area contributed by atoms with Gasteiger partial charge in [-0.3, -0.25) is 9.97 Å². The van der Waals surface area contributed by atoms with Crippen LogP contribution in [0.4, 0.5) is 0 Å². The molecule has 0 saturated heterocycles. The maximum Gasteiger partial charge on any atom is 2.00 e. The maximum absolute atomic E-state index is 10.5. The molecule has 0 fully saturated rings. The van der Waals surface area contributed by atoms with Crippen LogP contribution in [0.2, 0.25) is 0 Å². The van der Waals surface area contributed by atoms with Gasteiger partial charge in [0.15, 0.2) is 0 Å². The number of carbonyl (C=O) groups is 4. The number of pyridine rings is 2. The van der Waals surface area contributed by atoms with Crippen molar-refractivity contribution >= 4 is 23.9 Å². The Kier molecular flexibility index (Phi) is 30.4. The molecule has 0 saturated carbocycles. The summed E-state index contributed by atoms with van der Waals surface area (Å²) in [6.07, 6.45) is 7.15. The summed E-state index contributed by atoms with van der Waals surface area (Å²) in [4.78, 5) is 49.0. The number of carboxylic acids is 4. The fourth-order valence-corrected chi connectivity index (χ4v) is 2.88. The fourth-order valence-electron chi connectivity index (χ4n) is 2.88. The van der Waals surface area contributed by atoms with Crippen LogP contribution in [0.1, 0.15) is 20.7 Å². The van der Waals surface area contributed by atoms with Crippen LogP contribution in [0.3, 0.4) is 0 Å². The number of carboxylic acid groups (broad SMARTS) is 4. The van der Waals surface area contributed by atoms with Gasteiger partial charge < -0.3 is 71.0 Å². The van der Waals surface area contributed by atoms with Crippen LogP contribution in [0.15, 0.2) is 97.6 Å². The summed E-state index contributed by atoms with van der Waals surface area (Å²) >= 11 is 0. The first kappa shape index (κ1) is 50.7. The zero-order valence-electron chi connectivity index (χ0n) is 23.6. The average molecular weight is 738 g/mol. The van der Waals surface area contributed by atoms with Crippen molar-refractivity contribution in [1.82, 2.24) is 9.97 Å². The number of carbonyl (C=O) groups excluding carboxylic acids is 4. The van der Waals surface area contributed by atoms with Crippen molar-refractivity contribution in [3.63, 3.8) is 0 Å². The predicted molar refractivity (Wildman–Crippen MR) is 150 cm³/mol. The molecule has 2 heterocycles. The second kappa shape index (κ2) is 27.6. The van der Waals surface area contributed by atoms with E-state index < -0.39 is 37.1 Å². The number of aromatic carboxylic acids is 2. The number of rotatable bonds is 9. The van der Waals surface area contributed by atoms with E-state index in [1.54, 1.807) is 24.8 Å². The van der Waals surface area contributed by atoms with Crippen molar-refractivity contribution in [3.05, 3.63) is 109 Å². The van der Waals surface area contributed by atoms with Gasteiger partial charge in [0, 0.05) is 35.9 Å². The van der Waals surface area contributed by atoms with Crippen LogP contribution < -0.4 is 29.9 Å². The van der Waals surface area contributed by atoms with Gasteiger partial charge in [0.1, 0.15) is 24.7 Å². The molecule has 0 aliphatic heterocycles. The third-order valence-corrected chi connectivity index (χ3v) is 4.60. The van der Waals surface area contributed by atoms with Gasteiger partial charge in [-0.15, -0.1) is 0 Å². The van der Waals surface area contributed by atoms with Crippen molar-refractivity contribution in [2.24, 2.45) is 0 Å². The van der Waals surface area contributed by atoms with Crippen LogP contribution in [-0.4, -0.2) is 47.1 Å².